The highest BCUT2D eigenvalue weighted by Gasteiger charge is 2.32. The van der Waals surface area contributed by atoms with Crippen LogP contribution in [0.3, 0.4) is 0 Å². The molecule has 0 bridgehead atoms. The maximum atomic E-state index is 13.7. The lowest BCUT2D eigenvalue weighted by molar-refractivity contribution is 0.00422. The first-order valence-electron chi connectivity index (χ1n) is 13.4. The topological polar surface area (TPSA) is 95.3 Å². The van der Waals surface area contributed by atoms with Gasteiger partial charge in [-0.15, -0.1) is 0 Å². The van der Waals surface area contributed by atoms with E-state index in [-0.39, 0.29) is 24.0 Å². The molecular weight excluding hydrogens is 498 g/mol. The van der Waals surface area contributed by atoms with Crippen molar-refractivity contribution in [3.05, 3.63) is 65.9 Å². The van der Waals surface area contributed by atoms with Gasteiger partial charge in [0.1, 0.15) is 12.3 Å². The maximum Gasteiger partial charge on any atom is 0.254 e. The van der Waals surface area contributed by atoms with E-state index in [4.69, 9.17) is 23.5 Å². The van der Waals surface area contributed by atoms with Crippen molar-refractivity contribution in [3.63, 3.8) is 0 Å². The van der Waals surface area contributed by atoms with Gasteiger partial charge < -0.3 is 33.7 Å². The van der Waals surface area contributed by atoms with Crippen molar-refractivity contribution < 1.29 is 28.3 Å². The third-order valence-corrected chi connectivity index (χ3v) is 6.82. The summed E-state index contributed by atoms with van der Waals surface area (Å²) in [6.45, 7) is 7.50. The summed E-state index contributed by atoms with van der Waals surface area (Å²) >= 11 is 0. The van der Waals surface area contributed by atoms with Crippen LogP contribution in [0, 0.1) is 5.92 Å². The largest absolute Gasteiger partial charge is 0.493 e. The molecule has 3 aromatic rings. The van der Waals surface area contributed by atoms with Gasteiger partial charge in [-0.2, -0.15) is 0 Å². The Hall–Kier alpha value is -3.40. The lowest BCUT2D eigenvalue weighted by Crippen LogP contribution is -2.43. The molecule has 0 spiro atoms. The van der Waals surface area contributed by atoms with E-state index < -0.39 is 0 Å². The minimum Gasteiger partial charge on any atom is -0.493 e. The second kappa shape index (κ2) is 14.1. The van der Waals surface area contributed by atoms with Gasteiger partial charge in [0.15, 0.2) is 17.3 Å². The van der Waals surface area contributed by atoms with E-state index in [0.29, 0.717) is 55.7 Å². The molecule has 1 amide bonds. The van der Waals surface area contributed by atoms with Crippen LogP contribution in [-0.2, 0) is 16.1 Å². The van der Waals surface area contributed by atoms with Crippen molar-refractivity contribution in [2.75, 3.05) is 47.1 Å². The number of benzene rings is 2. The number of hydrogen-bond donors (Lipinski definition) is 1. The van der Waals surface area contributed by atoms with E-state index in [1.807, 2.05) is 55.1 Å². The summed E-state index contributed by atoms with van der Waals surface area (Å²) in [6, 6.07) is 17.2. The number of hydrogen-bond acceptors (Lipinski definition) is 8. The van der Waals surface area contributed by atoms with Crippen LogP contribution in [0.1, 0.15) is 36.4 Å². The minimum atomic E-state index is -0.0557. The van der Waals surface area contributed by atoms with Gasteiger partial charge in [0, 0.05) is 68.9 Å². The van der Waals surface area contributed by atoms with E-state index >= 15 is 0 Å². The highest BCUT2D eigenvalue weighted by atomic mass is 16.5. The number of carbonyl (C=O) groups excluding carboxylic acids is 1. The summed E-state index contributed by atoms with van der Waals surface area (Å²) in [4.78, 5) is 15.5. The Morgan fingerprint density at radius 1 is 1.08 bits per heavy atom. The molecule has 1 aromatic heterocycles. The first-order valence-corrected chi connectivity index (χ1v) is 13.4. The van der Waals surface area contributed by atoms with Crippen LogP contribution >= 0.6 is 0 Å². The van der Waals surface area contributed by atoms with Crippen LogP contribution in [0.2, 0.25) is 0 Å². The zero-order valence-corrected chi connectivity index (χ0v) is 23.2. The zero-order chi connectivity index (χ0) is 27.6. The lowest BCUT2D eigenvalue weighted by atomic mass is 10.0. The van der Waals surface area contributed by atoms with Gasteiger partial charge in [0.25, 0.3) is 5.91 Å². The van der Waals surface area contributed by atoms with E-state index in [1.165, 1.54) is 0 Å². The Morgan fingerprint density at radius 2 is 1.90 bits per heavy atom. The molecule has 210 valence electrons. The molecule has 1 aliphatic rings. The van der Waals surface area contributed by atoms with Crippen LogP contribution in [0.4, 0.5) is 0 Å². The molecule has 4 rings (SSSR count). The Kier molecular flexibility index (Phi) is 10.4. The summed E-state index contributed by atoms with van der Waals surface area (Å²) in [7, 11) is 3.25. The van der Waals surface area contributed by atoms with Gasteiger partial charge in [-0.3, -0.25) is 4.79 Å². The van der Waals surface area contributed by atoms with Crippen molar-refractivity contribution in [1.82, 2.24) is 15.4 Å². The molecule has 0 saturated carbocycles. The SMILES string of the molecule is COCCCOc1cc(C(=O)N(C[C@@H]2CNC[C@H]2OCc2cc(-c3ccccc3)no2)C(C)C)ccc1OC. The molecule has 9 heteroatoms. The molecule has 2 aromatic carbocycles. The van der Waals surface area contributed by atoms with Crippen LogP contribution < -0.4 is 14.8 Å². The number of nitrogens with one attached hydrogen (secondary N) is 1. The summed E-state index contributed by atoms with van der Waals surface area (Å²) in [5.74, 6) is 1.90. The first-order chi connectivity index (χ1) is 19.0. The molecule has 1 N–H and O–H groups in total. The maximum absolute atomic E-state index is 13.7. The quantitative estimate of drug-likeness (QED) is 0.302. The molecule has 2 heterocycles. The van der Waals surface area contributed by atoms with Gasteiger partial charge in [-0.25, -0.2) is 0 Å². The standard InChI is InChI=1S/C30H39N3O6/c1-21(2)33(30(34)23-11-12-27(36-4)28(15-23)37-14-8-13-35-3)19-24-17-31-18-29(24)38-20-25-16-26(32-39-25)22-9-6-5-7-10-22/h5-7,9-12,15-16,21,24,29,31H,8,13-14,17-20H2,1-4H3/t24-,29+/m0/s1. The summed E-state index contributed by atoms with van der Waals surface area (Å²) in [5, 5.41) is 7.59. The Bertz CT molecular complexity index is 1180. The van der Waals surface area contributed by atoms with Gasteiger partial charge in [0.05, 0.1) is 19.8 Å². The Labute approximate surface area is 230 Å². The summed E-state index contributed by atoms with van der Waals surface area (Å²) < 4.78 is 28.2. The van der Waals surface area contributed by atoms with Gasteiger partial charge in [-0.05, 0) is 32.0 Å². The number of ether oxygens (including phenoxy) is 4. The number of methoxy groups -OCH3 is 2. The fourth-order valence-corrected chi connectivity index (χ4v) is 4.66. The molecule has 0 aliphatic carbocycles. The third kappa shape index (κ3) is 7.59. The lowest BCUT2D eigenvalue weighted by Gasteiger charge is -2.31. The average Bonchev–Trinajstić information content (AvgIpc) is 3.62. The smallest absolute Gasteiger partial charge is 0.254 e. The Balaban J connectivity index is 1.39. The number of aromatic nitrogens is 1. The van der Waals surface area contributed by atoms with E-state index in [9.17, 15) is 4.79 Å². The molecule has 2 atom stereocenters. The zero-order valence-electron chi connectivity index (χ0n) is 23.2. The fraction of sp³-hybridized carbons (Fsp3) is 0.467. The molecule has 39 heavy (non-hydrogen) atoms. The van der Waals surface area contributed by atoms with Crippen molar-refractivity contribution in [3.8, 4) is 22.8 Å². The van der Waals surface area contributed by atoms with E-state index in [1.54, 1.807) is 32.4 Å². The number of rotatable bonds is 14. The van der Waals surface area contributed by atoms with Crippen molar-refractivity contribution >= 4 is 5.91 Å². The first kappa shape index (κ1) is 28.6. The molecule has 0 unspecified atom stereocenters. The van der Waals surface area contributed by atoms with Crippen molar-refractivity contribution in [2.24, 2.45) is 5.92 Å². The molecule has 9 nitrogen and oxygen atoms in total. The van der Waals surface area contributed by atoms with Gasteiger partial charge in [0.2, 0.25) is 0 Å². The molecule has 1 aliphatic heterocycles. The number of nitrogens with zero attached hydrogens (tertiary/aromatic N) is 2. The number of carbonyl (C=O) groups is 1. The number of amides is 1. The second-order valence-corrected chi connectivity index (χ2v) is 9.92. The highest BCUT2D eigenvalue weighted by molar-refractivity contribution is 5.95. The molecule has 1 saturated heterocycles. The van der Waals surface area contributed by atoms with Crippen LogP contribution in [0.15, 0.2) is 59.1 Å². The van der Waals surface area contributed by atoms with Crippen LogP contribution in [0.25, 0.3) is 11.3 Å². The molecular formula is C30H39N3O6. The van der Waals surface area contributed by atoms with Gasteiger partial charge >= 0.3 is 0 Å². The molecule has 1 fully saturated rings. The second-order valence-electron chi connectivity index (χ2n) is 9.92. The van der Waals surface area contributed by atoms with E-state index in [0.717, 1.165) is 24.2 Å². The van der Waals surface area contributed by atoms with Crippen molar-refractivity contribution in [2.45, 2.75) is 39.0 Å². The van der Waals surface area contributed by atoms with Crippen LogP contribution in [-0.4, -0.2) is 75.2 Å². The predicted octanol–water partition coefficient (Wildman–Crippen LogP) is 4.42. The van der Waals surface area contributed by atoms with Crippen molar-refractivity contribution in [1.29, 1.82) is 0 Å². The normalized spacial score (nSPS) is 16.9. The minimum absolute atomic E-state index is 0.00891. The summed E-state index contributed by atoms with van der Waals surface area (Å²) in [5.41, 5.74) is 2.35. The van der Waals surface area contributed by atoms with Gasteiger partial charge in [-0.1, -0.05) is 35.5 Å². The highest BCUT2D eigenvalue weighted by Crippen LogP contribution is 2.29. The monoisotopic (exact) mass is 537 g/mol. The fourth-order valence-electron chi connectivity index (χ4n) is 4.66. The molecule has 0 radical (unpaired) electrons. The Morgan fingerprint density at radius 3 is 2.64 bits per heavy atom. The van der Waals surface area contributed by atoms with Crippen LogP contribution in [0.5, 0.6) is 11.5 Å². The summed E-state index contributed by atoms with van der Waals surface area (Å²) in [6.07, 6.45) is 0.688. The third-order valence-electron chi connectivity index (χ3n) is 6.82. The van der Waals surface area contributed by atoms with E-state index in [2.05, 4.69) is 10.5 Å². The average molecular weight is 538 g/mol. The predicted molar refractivity (Wildman–Crippen MR) is 148 cm³/mol.